The van der Waals surface area contributed by atoms with Crippen LogP contribution in [-0.2, 0) is 4.79 Å². The summed E-state index contributed by atoms with van der Waals surface area (Å²) in [6.07, 6.45) is 0. The summed E-state index contributed by atoms with van der Waals surface area (Å²) in [5.41, 5.74) is 9.79. The van der Waals surface area contributed by atoms with Gasteiger partial charge in [0.25, 0.3) is 0 Å². The second-order valence-electron chi connectivity index (χ2n) is 6.16. The van der Waals surface area contributed by atoms with Crippen LogP contribution < -0.4 is 5.73 Å². The quantitative estimate of drug-likeness (QED) is 0.621. The van der Waals surface area contributed by atoms with Gasteiger partial charge < -0.3 is 10.8 Å². The summed E-state index contributed by atoms with van der Waals surface area (Å²) in [6, 6.07) is 23.3. The van der Waals surface area contributed by atoms with E-state index in [0.717, 1.165) is 22.3 Å². The van der Waals surface area contributed by atoms with E-state index in [2.05, 4.69) is 0 Å². The van der Waals surface area contributed by atoms with Crippen molar-refractivity contribution in [3.8, 4) is 11.1 Å². The highest BCUT2D eigenvalue weighted by Crippen LogP contribution is 2.40. The van der Waals surface area contributed by atoms with Crippen LogP contribution in [0, 0.1) is 5.82 Å². The Balaban J connectivity index is 2.03. The number of aliphatic carboxylic acids is 1. The van der Waals surface area contributed by atoms with Gasteiger partial charge in [0, 0.05) is 5.75 Å². The number of benzene rings is 3. The number of hydrogen-bond acceptors (Lipinski definition) is 3. The van der Waals surface area contributed by atoms with Crippen LogP contribution in [-0.4, -0.2) is 22.9 Å². The Bertz CT molecular complexity index is 900. The third-order valence-electron chi connectivity index (χ3n) is 4.26. The summed E-state index contributed by atoms with van der Waals surface area (Å²) < 4.78 is 13.4. The van der Waals surface area contributed by atoms with E-state index in [0.29, 0.717) is 0 Å². The highest BCUT2D eigenvalue weighted by Gasteiger charge is 2.22. The van der Waals surface area contributed by atoms with Crippen LogP contribution in [0.1, 0.15) is 16.4 Å². The van der Waals surface area contributed by atoms with Crippen molar-refractivity contribution in [3.63, 3.8) is 0 Å². The average Bonchev–Trinajstić information content (AvgIpc) is 2.70. The molecule has 3 N–H and O–H groups in total. The zero-order valence-corrected chi connectivity index (χ0v) is 15.4. The lowest BCUT2D eigenvalue weighted by Crippen LogP contribution is -2.32. The van der Waals surface area contributed by atoms with Crippen LogP contribution in [0.25, 0.3) is 11.1 Å². The zero-order chi connectivity index (χ0) is 19.2. The second-order valence-corrected chi connectivity index (χ2v) is 7.30. The first-order chi connectivity index (χ1) is 13.1. The minimum absolute atomic E-state index is 0.160. The maximum Gasteiger partial charge on any atom is 0.321 e. The van der Waals surface area contributed by atoms with Crippen molar-refractivity contribution in [3.05, 3.63) is 95.8 Å². The first kappa shape index (κ1) is 19.1. The first-order valence-electron chi connectivity index (χ1n) is 8.56. The van der Waals surface area contributed by atoms with Crippen molar-refractivity contribution in [1.82, 2.24) is 0 Å². The minimum Gasteiger partial charge on any atom is -0.480 e. The molecule has 0 bridgehead atoms. The van der Waals surface area contributed by atoms with Crippen LogP contribution in [0.5, 0.6) is 0 Å². The molecule has 0 spiro atoms. The van der Waals surface area contributed by atoms with E-state index in [1.807, 2.05) is 54.6 Å². The molecule has 0 aliphatic rings. The molecule has 0 saturated heterocycles. The fraction of sp³-hybridized carbons (Fsp3) is 0.136. The third kappa shape index (κ3) is 4.76. The van der Waals surface area contributed by atoms with Gasteiger partial charge in [-0.05, 0) is 34.4 Å². The normalized spacial score (nSPS) is 13.1. The Labute approximate surface area is 162 Å². The van der Waals surface area contributed by atoms with E-state index in [1.54, 1.807) is 12.1 Å². The predicted octanol–water partition coefficient (Wildman–Crippen LogP) is 4.73. The molecule has 2 unspecified atom stereocenters. The van der Waals surface area contributed by atoms with Gasteiger partial charge in [-0.2, -0.15) is 0 Å². The monoisotopic (exact) mass is 381 g/mol. The number of carboxylic acids is 1. The predicted molar refractivity (Wildman–Crippen MR) is 108 cm³/mol. The van der Waals surface area contributed by atoms with Crippen LogP contribution in [0.15, 0.2) is 78.9 Å². The fourth-order valence-corrected chi connectivity index (χ4v) is 4.16. The maximum atomic E-state index is 13.4. The molecule has 2 atom stereocenters. The molecule has 0 aliphatic carbocycles. The standard InChI is InChI=1S/C22H20FNO2S/c23-17-12-10-16(11-13-17)21(27-14-20(24)22(25)26)19-9-5-4-8-18(19)15-6-2-1-3-7-15/h1-13,20-21H,14,24H2,(H,25,26). The van der Waals surface area contributed by atoms with Gasteiger partial charge in [-0.15, -0.1) is 11.8 Å². The van der Waals surface area contributed by atoms with Gasteiger partial charge in [-0.3, -0.25) is 4.79 Å². The number of carbonyl (C=O) groups is 1. The van der Waals surface area contributed by atoms with E-state index < -0.39 is 12.0 Å². The van der Waals surface area contributed by atoms with Crippen molar-refractivity contribution in [2.75, 3.05) is 5.75 Å². The number of rotatable bonds is 7. The fourth-order valence-electron chi connectivity index (χ4n) is 2.88. The molecule has 0 heterocycles. The largest absolute Gasteiger partial charge is 0.480 e. The van der Waals surface area contributed by atoms with Crippen molar-refractivity contribution in [2.24, 2.45) is 5.73 Å². The van der Waals surface area contributed by atoms with E-state index in [4.69, 9.17) is 10.8 Å². The SMILES string of the molecule is NC(CSC(c1ccc(F)cc1)c1ccccc1-c1ccccc1)C(=O)O. The van der Waals surface area contributed by atoms with Gasteiger partial charge in [-0.25, -0.2) is 4.39 Å². The summed E-state index contributed by atoms with van der Waals surface area (Å²) >= 11 is 1.45. The van der Waals surface area contributed by atoms with Crippen molar-refractivity contribution < 1.29 is 14.3 Å². The van der Waals surface area contributed by atoms with Gasteiger partial charge in [0.1, 0.15) is 11.9 Å². The van der Waals surface area contributed by atoms with Gasteiger partial charge in [-0.1, -0.05) is 66.7 Å². The number of carboxylic acid groups (broad SMARTS) is 1. The Kier molecular flexibility index (Phi) is 6.27. The van der Waals surface area contributed by atoms with Crippen LogP contribution in [0.4, 0.5) is 4.39 Å². The molecule has 0 fully saturated rings. The van der Waals surface area contributed by atoms with Gasteiger partial charge in [0.2, 0.25) is 0 Å². The van der Waals surface area contributed by atoms with Gasteiger partial charge in [0.15, 0.2) is 0 Å². The molecule has 3 aromatic rings. The lowest BCUT2D eigenvalue weighted by Gasteiger charge is -2.22. The minimum atomic E-state index is -1.03. The third-order valence-corrected chi connectivity index (χ3v) is 5.67. The van der Waals surface area contributed by atoms with Crippen molar-refractivity contribution >= 4 is 17.7 Å². The lowest BCUT2D eigenvalue weighted by molar-refractivity contribution is -0.137. The van der Waals surface area contributed by atoms with Crippen LogP contribution >= 0.6 is 11.8 Å². The molecule has 3 rings (SSSR count). The van der Waals surface area contributed by atoms with Crippen molar-refractivity contribution in [2.45, 2.75) is 11.3 Å². The number of thioether (sulfide) groups is 1. The summed E-state index contributed by atoms with van der Waals surface area (Å²) in [4.78, 5) is 11.1. The second kappa shape index (κ2) is 8.84. The molecule has 0 aliphatic heterocycles. The molecular weight excluding hydrogens is 361 g/mol. The highest BCUT2D eigenvalue weighted by molar-refractivity contribution is 7.99. The summed E-state index contributed by atoms with van der Waals surface area (Å²) in [7, 11) is 0. The Morgan fingerprint density at radius 1 is 0.963 bits per heavy atom. The molecule has 0 radical (unpaired) electrons. The molecule has 138 valence electrons. The van der Waals surface area contributed by atoms with Crippen LogP contribution in [0.2, 0.25) is 0 Å². The van der Waals surface area contributed by atoms with E-state index in [1.165, 1.54) is 23.9 Å². The summed E-state index contributed by atoms with van der Waals surface area (Å²) in [6.45, 7) is 0. The number of hydrogen-bond donors (Lipinski definition) is 2. The first-order valence-corrected chi connectivity index (χ1v) is 9.61. The average molecular weight is 381 g/mol. The zero-order valence-electron chi connectivity index (χ0n) is 14.6. The number of nitrogens with two attached hydrogens (primary N) is 1. The lowest BCUT2D eigenvalue weighted by atomic mass is 9.94. The maximum absolute atomic E-state index is 13.4. The molecule has 0 amide bonds. The summed E-state index contributed by atoms with van der Waals surface area (Å²) in [5.74, 6) is -1.08. The summed E-state index contributed by atoms with van der Waals surface area (Å²) in [5, 5.41) is 8.96. The molecular formula is C22H20FNO2S. The van der Waals surface area contributed by atoms with E-state index >= 15 is 0 Å². The smallest absolute Gasteiger partial charge is 0.321 e. The Morgan fingerprint density at radius 3 is 2.26 bits per heavy atom. The molecule has 0 saturated carbocycles. The van der Waals surface area contributed by atoms with E-state index in [-0.39, 0.29) is 16.8 Å². The molecule has 0 aromatic heterocycles. The molecule has 3 aromatic carbocycles. The molecule has 5 heteroatoms. The Hall–Kier alpha value is -2.63. The van der Waals surface area contributed by atoms with Crippen molar-refractivity contribution in [1.29, 1.82) is 0 Å². The highest BCUT2D eigenvalue weighted by atomic mass is 32.2. The van der Waals surface area contributed by atoms with Gasteiger partial charge >= 0.3 is 5.97 Å². The molecule has 27 heavy (non-hydrogen) atoms. The van der Waals surface area contributed by atoms with Gasteiger partial charge in [0.05, 0.1) is 5.25 Å². The van der Waals surface area contributed by atoms with E-state index in [9.17, 15) is 9.18 Å². The van der Waals surface area contributed by atoms with Crippen LogP contribution in [0.3, 0.4) is 0 Å². The molecule has 3 nitrogen and oxygen atoms in total. The Morgan fingerprint density at radius 2 is 1.59 bits per heavy atom. The number of halogens is 1. The topological polar surface area (TPSA) is 63.3 Å².